The monoisotopic (exact) mass is 834 g/mol. The van der Waals surface area contributed by atoms with Gasteiger partial charge >= 0.3 is 5.97 Å². The number of alkyl halides is 1. The number of rotatable bonds is 11. The number of hydrogen-bond acceptors (Lipinski definition) is 10. The van der Waals surface area contributed by atoms with E-state index in [4.69, 9.17) is 23.7 Å². The Morgan fingerprint density at radius 3 is 2.32 bits per heavy atom. The molecule has 8 rings (SSSR count). The Morgan fingerprint density at radius 1 is 0.982 bits per heavy atom. The summed E-state index contributed by atoms with van der Waals surface area (Å²) in [6.45, 7) is 19.2. The number of hydrogen-bond donors (Lipinski definition) is 0. The number of benzene rings is 1. The number of carbonyl (C=O) groups excluding carboxylic acids is 3. The maximum absolute atomic E-state index is 16.1. The van der Waals surface area contributed by atoms with Gasteiger partial charge in [0.2, 0.25) is 0 Å². The van der Waals surface area contributed by atoms with E-state index in [0.717, 1.165) is 50.2 Å². The number of allylic oxidation sites excluding steroid dienone is 4. The van der Waals surface area contributed by atoms with Crippen molar-refractivity contribution in [3.63, 3.8) is 0 Å². The largest absolute Gasteiger partial charge is 0.482 e. The van der Waals surface area contributed by atoms with Gasteiger partial charge in [0, 0.05) is 61.6 Å². The van der Waals surface area contributed by atoms with E-state index in [9.17, 15) is 4.79 Å². The summed E-state index contributed by atoms with van der Waals surface area (Å²) in [4.78, 5) is 48.9. The van der Waals surface area contributed by atoms with Crippen LogP contribution in [0.3, 0.4) is 0 Å². The number of halogens is 1. The van der Waals surface area contributed by atoms with Gasteiger partial charge in [0.15, 0.2) is 22.8 Å². The molecule has 3 saturated carbocycles. The molecule has 56 heavy (non-hydrogen) atoms. The summed E-state index contributed by atoms with van der Waals surface area (Å²) < 4.78 is 33.4. The summed E-state index contributed by atoms with van der Waals surface area (Å²) in [6.07, 6.45) is 12.8. The zero-order valence-corrected chi connectivity index (χ0v) is 36.4. The summed E-state index contributed by atoms with van der Waals surface area (Å²) in [5.41, 5.74) is 0.347. The van der Waals surface area contributed by atoms with Crippen molar-refractivity contribution in [3.05, 3.63) is 57.7 Å². The van der Waals surface area contributed by atoms with Crippen LogP contribution in [0.15, 0.2) is 41.0 Å². The van der Waals surface area contributed by atoms with Crippen molar-refractivity contribution in [2.75, 3.05) is 45.9 Å². The second-order valence-corrected chi connectivity index (χ2v) is 18.5. The Labute approximate surface area is 340 Å². The van der Waals surface area contributed by atoms with Gasteiger partial charge in [-0.1, -0.05) is 29.4 Å². The molecule has 0 N–H and O–H groups in total. The number of likely N-dealkylation sites (N-methyl/N-ethyl adjacent to an activating group) is 1. The number of methoxy groups -OCH3 is 1. The molecule has 4 bridgehead atoms. The standard InChI is InChI=1S/C45H59BrN2O8/c1-26(2)12-11-17-43(8)18-16-30-37(54-43)29(14-13-27(3)4)39-33(38(30)53-25-46)36(49)34-35(48-22-20-47(9)21-23-48)31-24-32-42(6,7)56-44(40(31)50,45(32,34)55-39)19-15-28(5)41(51)52-10/h12-13,15-16,18,31-32,34-35H,11,14,17,19-25H2,1-10H3. The normalized spacial score (nSPS) is 32.8. The van der Waals surface area contributed by atoms with Crippen molar-refractivity contribution in [2.24, 2.45) is 17.8 Å². The van der Waals surface area contributed by atoms with Crippen LogP contribution < -0.4 is 14.2 Å². The average Bonchev–Trinajstić information content (AvgIpc) is 3.28. The van der Waals surface area contributed by atoms with Gasteiger partial charge in [0.1, 0.15) is 33.9 Å². The van der Waals surface area contributed by atoms with Crippen LogP contribution in [0.4, 0.5) is 0 Å². The zero-order valence-electron chi connectivity index (χ0n) is 34.8. The number of piperazine rings is 1. The fraction of sp³-hybridized carbons (Fsp3) is 0.622. The summed E-state index contributed by atoms with van der Waals surface area (Å²) in [5, 5.41) is 0. The highest BCUT2D eigenvalue weighted by atomic mass is 79.9. The molecule has 11 heteroatoms. The third kappa shape index (κ3) is 6.34. The predicted molar refractivity (Wildman–Crippen MR) is 220 cm³/mol. The third-order valence-electron chi connectivity index (χ3n) is 13.4. The minimum Gasteiger partial charge on any atom is -0.482 e. The number of ether oxygens (including phenoxy) is 5. The number of fused-ring (bicyclic) bond motifs is 2. The van der Waals surface area contributed by atoms with Crippen LogP contribution >= 0.6 is 15.9 Å². The minimum absolute atomic E-state index is 0.0589. The molecule has 1 spiro atoms. The number of Topliss-reactive ketones (excluding diaryl/α,β-unsaturated/α-hetero) is 2. The highest BCUT2D eigenvalue weighted by molar-refractivity contribution is 9.09. The molecular weight excluding hydrogens is 776 g/mol. The Morgan fingerprint density at radius 2 is 1.68 bits per heavy atom. The summed E-state index contributed by atoms with van der Waals surface area (Å²) >= 11 is 3.52. The van der Waals surface area contributed by atoms with E-state index >= 15 is 9.59 Å². The van der Waals surface area contributed by atoms with Crippen molar-refractivity contribution in [2.45, 2.75) is 116 Å². The van der Waals surface area contributed by atoms with E-state index in [-0.39, 0.29) is 29.4 Å². The molecule has 10 nitrogen and oxygen atoms in total. The average molecular weight is 836 g/mol. The van der Waals surface area contributed by atoms with Gasteiger partial charge in [-0.25, -0.2) is 4.79 Å². The molecule has 7 unspecified atom stereocenters. The Balaban J connectivity index is 1.51. The lowest BCUT2D eigenvalue weighted by Gasteiger charge is -2.65. The predicted octanol–water partition coefficient (Wildman–Crippen LogP) is 7.66. The molecule has 0 aromatic heterocycles. The van der Waals surface area contributed by atoms with Crippen LogP contribution in [0, 0.1) is 17.8 Å². The SMILES string of the molecule is COC(=O)C(C)=CCC12OC(C)(C)C3CC(C1=O)C(N1CCN(C)CC1)C1C(=O)c4c(OCBr)c5c(c(CC=C(C)C)c4OC132)OC(C)(CCC=C(C)C)C=C5. The summed E-state index contributed by atoms with van der Waals surface area (Å²) in [7, 11) is 3.45. The van der Waals surface area contributed by atoms with E-state index < -0.39 is 46.3 Å². The van der Waals surface area contributed by atoms with Gasteiger partial charge in [0.05, 0.1) is 24.2 Å². The molecule has 4 aliphatic heterocycles. The van der Waals surface area contributed by atoms with Crippen molar-refractivity contribution < 1.29 is 38.1 Å². The van der Waals surface area contributed by atoms with E-state index in [2.05, 4.69) is 91.7 Å². The lowest BCUT2D eigenvalue weighted by Crippen LogP contribution is -2.82. The summed E-state index contributed by atoms with van der Waals surface area (Å²) in [5.74, 6) is -0.720. The summed E-state index contributed by atoms with van der Waals surface area (Å²) in [6, 6.07) is -0.399. The van der Waals surface area contributed by atoms with Crippen LogP contribution in [-0.2, 0) is 25.5 Å². The topological polar surface area (TPSA) is 104 Å². The van der Waals surface area contributed by atoms with E-state index in [1.54, 1.807) is 13.0 Å². The smallest absolute Gasteiger partial charge is 0.333 e. The molecule has 0 radical (unpaired) electrons. The lowest BCUT2D eigenvalue weighted by molar-refractivity contribution is -0.214. The molecule has 2 saturated heterocycles. The first-order valence-corrected chi connectivity index (χ1v) is 21.3. The second-order valence-electron chi connectivity index (χ2n) is 18.0. The Hall–Kier alpha value is -3.25. The Kier molecular flexibility index (Phi) is 10.9. The number of carbonyl (C=O) groups is 3. The molecule has 0 amide bonds. The molecule has 5 fully saturated rings. The maximum Gasteiger partial charge on any atom is 0.333 e. The quantitative estimate of drug-likeness (QED) is 0.0956. The Bertz CT molecular complexity index is 1930. The van der Waals surface area contributed by atoms with Crippen molar-refractivity contribution in [1.82, 2.24) is 9.80 Å². The molecule has 3 aliphatic carbocycles. The minimum atomic E-state index is -1.54. The molecule has 7 aliphatic rings. The molecule has 7 atom stereocenters. The molecule has 1 aromatic rings. The van der Waals surface area contributed by atoms with Crippen LogP contribution in [-0.4, -0.2) is 102 Å². The van der Waals surface area contributed by atoms with Gasteiger partial charge in [-0.3, -0.25) is 14.5 Å². The van der Waals surface area contributed by atoms with Gasteiger partial charge in [-0.15, -0.1) is 0 Å². The third-order valence-corrected chi connectivity index (χ3v) is 13.6. The van der Waals surface area contributed by atoms with Crippen LogP contribution in [0.2, 0.25) is 0 Å². The maximum atomic E-state index is 16.1. The molecule has 304 valence electrons. The number of esters is 1. The molecule has 1 aromatic carbocycles. The molecule has 4 heterocycles. The lowest BCUT2D eigenvalue weighted by atomic mass is 9.44. The fourth-order valence-corrected chi connectivity index (χ4v) is 10.9. The van der Waals surface area contributed by atoms with Crippen molar-refractivity contribution in [1.29, 1.82) is 0 Å². The first kappa shape index (κ1) is 40.9. The van der Waals surface area contributed by atoms with Gasteiger partial charge in [0.25, 0.3) is 0 Å². The number of nitrogens with zero attached hydrogens (tertiary/aromatic N) is 2. The fourth-order valence-electron chi connectivity index (χ4n) is 10.7. The van der Waals surface area contributed by atoms with Crippen molar-refractivity contribution >= 4 is 39.5 Å². The van der Waals surface area contributed by atoms with E-state index in [0.29, 0.717) is 46.8 Å². The van der Waals surface area contributed by atoms with Crippen LogP contribution in [0.1, 0.15) is 103 Å². The second kappa shape index (κ2) is 14.8. The van der Waals surface area contributed by atoms with Gasteiger partial charge in [-0.05, 0) is 116 Å². The van der Waals surface area contributed by atoms with Crippen LogP contribution in [0.5, 0.6) is 17.2 Å². The molecular formula is C45H59BrN2O8. The van der Waals surface area contributed by atoms with Crippen LogP contribution in [0.25, 0.3) is 6.08 Å². The first-order valence-electron chi connectivity index (χ1n) is 20.2. The highest BCUT2D eigenvalue weighted by Crippen LogP contribution is 2.71. The van der Waals surface area contributed by atoms with Gasteiger partial charge in [-0.2, -0.15) is 0 Å². The number of ketones is 2. The van der Waals surface area contributed by atoms with E-state index in [1.807, 2.05) is 13.8 Å². The zero-order chi connectivity index (χ0) is 40.5. The first-order chi connectivity index (χ1) is 26.4. The van der Waals surface area contributed by atoms with E-state index in [1.165, 1.54) is 12.7 Å². The van der Waals surface area contributed by atoms with Crippen molar-refractivity contribution in [3.8, 4) is 17.2 Å². The highest BCUT2D eigenvalue weighted by Gasteiger charge is 2.86. The van der Waals surface area contributed by atoms with Gasteiger partial charge < -0.3 is 28.6 Å².